The van der Waals surface area contributed by atoms with E-state index in [4.69, 9.17) is 5.26 Å². The summed E-state index contributed by atoms with van der Waals surface area (Å²) in [4.78, 5) is 24.5. The molecule has 5 nitrogen and oxygen atoms in total. The summed E-state index contributed by atoms with van der Waals surface area (Å²) in [6.07, 6.45) is 0. The molecule has 0 spiro atoms. The first-order valence-corrected chi connectivity index (χ1v) is 8.98. The van der Waals surface area contributed by atoms with Gasteiger partial charge in [0.1, 0.15) is 12.6 Å². The van der Waals surface area contributed by atoms with Crippen LogP contribution < -0.4 is 10.6 Å². The zero-order chi connectivity index (χ0) is 17.9. The van der Waals surface area contributed by atoms with Gasteiger partial charge in [0.25, 0.3) is 5.91 Å². The van der Waals surface area contributed by atoms with Crippen LogP contribution in [0.5, 0.6) is 0 Å². The lowest BCUT2D eigenvalue weighted by molar-refractivity contribution is -0.122. The Hall–Kier alpha value is -2.78. The van der Waals surface area contributed by atoms with Gasteiger partial charge in [-0.2, -0.15) is 17.0 Å². The summed E-state index contributed by atoms with van der Waals surface area (Å²) < 4.78 is 0. The van der Waals surface area contributed by atoms with Gasteiger partial charge in [-0.25, -0.2) is 0 Å². The highest BCUT2D eigenvalue weighted by atomic mass is 32.2. The van der Waals surface area contributed by atoms with Crippen molar-refractivity contribution in [3.8, 4) is 6.07 Å². The predicted octanol–water partition coefficient (Wildman–Crippen LogP) is 2.36. The zero-order valence-electron chi connectivity index (χ0n) is 13.6. The number of amides is 2. The van der Waals surface area contributed by atoms with Crippen LogP contribution in [0.15, 0.2) is 60.7 Å². The van der Waals surface area contributed by atoms with E-state index in [1.807, 2.05) is 42.5 Å². The molecular formula is C19H19N3O2S. The Labute approximate surface area is 151 Å². The van der Waals surface area contributed by atoms with Crippen LogP contribution in [0.1, 0.15) is 15.9 Å². The molecule has 0 radical (unpaired) electrons. The van der Waals surface area contributed by atoms with E-state index in [-0.39, 0.29) is 18.4 Å². The minimum absolute atomic E-state index is 0.0834. The molecule has 0 bridgehead atoms. The maximum atomic E-state index is 12.3. The second kappa shape index (κ2) is 10.2. The van der Waals surface area contributed by atoms with E-state index in [0.717, 1.165) is 11.3 Å². The number of nitrogens with one attached hydrogen (secondary N) is 2. The second-order valence-corrected chi connectivity index (χ2v) is 6.30. The molecule has 2 rings (SSSR count). The minimum atomic E-state index is -0.699. The Kier molecular flexibility index (Phi) is 7.54. The van der Waals surface area contributed by atoms with Crippen LogP contribution >= 0.6 is 11.8 Å². The topological polar surface area (TPSA) is 82.0 Å². The number of carbonyl (C=O) groups excluding carboxylic acids is 2. The summed E-state index contributed by atoms with van der Waals surface area (Å²) in [6, 6.07) is 19.8. The summed E-state index contributed by atoms with van der Waals surface area (Å²) in [5.41, 5.74) is 1.65. The predicted molar refractivity (Wildman–Crippen MR) is 98.9 cm³/mol. The quantitative estimate of drug-likeness (QED) is 0.714. The molecule has 2 N–H and O–H groups in total. The maximum absolute atomic E-state index is 12.3. The summed E-state index contributed by atoms with van der Waals surface area (Å²) in [5, 5.41) is 13.9. The second-order valence-electron chi connectivity index (χ2n) is 5.27. The van der Waals surface area contributed by atoms with Crippen molar-refractivity contribution in [2.24, 2.45) is 0 Å². The fourth-order valence-electron chi connectivity index (χ4n) is 2.13. The van der Waals surface area contributed by atoms with E-state index in [9.17, 15) is 9.59 Å². The van der Waals surface area contributed by atoms with E-state index in [0.29, 0.717) is 11.3 Å². The Morgan fingerprint density at radius 1 is 1.04 bits per heavy atom. The number of nitriles is 1. The van der Waals surface area contributed by atoms with Crippen LogP contribution in [-0.4, -0.2) is 30.2 Å². The van der Waals surface area contributed by atoms with Gasteiger partial charge in [0, 0.05) is 17.1 Å². The van der Waals surface area contributed by atoms with Gasteiger partial charge in [-0.05, 0) is 17.7 Å². The van der Waals surface area contributed by atoms with Crippen LogP contribution in [0, 0.1) is 11.3 Å². The van der Waals surface area contributed by atoms with Gasteiger partial charge < -0.3 is 10.6 Å². The molecule has 0 aliphatic heterocycles. The number of benzene rings is 2. The number of thioether (sulfide) groups is 1. The van der Waals surface area contributed by atoms with E-state index in [1.54, 1.807) is 36.0 Å². The maximum Gasteiger partial charge on any atom is 0.251 e. The van der Waals surface area contributed by atoms with Gasteiger partial charge >= 0.3 is 0 Å². The monoisotopic (exact) mass is 353 g/mol. The zero-order valence-corrected chi connectivity index (χ0v) is 14.5. The molecule has 0 aliphatic rings. The third-order valence-electron chi connectivity index (χ3n) is 3.40. The number of hydrogen-bond acceptors (Lipinski definition) is 4. The van der Waals surface area contributed by atoms with Gasteiger partial charge in [0.2, 0.25) is 5.91 Å². The summed E-state index contributed by atoms with van der Waals surface area (Å²) in [6.45, 7) is -0.0834. The van der Waals surface area contributed by atoms with E-state index >= 15 is 0 Å². The molecule has 0 fully saturated rings. The average molecular weight is 353 g/mol. The largest absolute Gasteiger partial charge is 0.341 e. The van der Waals surface area contributed by atoms with E-state index < -0.39 is 6.04 Å². The summed E-state index contributed by atoms with van der Waals surface area (Å²) in [7, 11) is 0. The molecule has 0 aromatic heterocycles. The normalized spacial score (nSPS) is 11.2. The standard InChI is InChI=1S/C19H19N3O2S/c20-11-12-21-19(24)17(14-25-13-15-7-3-1-4-8-15)22-18(23)16-9-5-2-6-10-16/h1-10,17H,12-14H2,(H,21,24)(H,22,23). The molecular weight excluding hydrogens is 334 g/mol. The number of hydrogen-bond donors (Lipinski definition) is 2. The van der Waals surface area contributed by atoms with Gasteiger partial charge in [-0.15, -0.1) is 0 Å². The third kappa shape index (κ3) is 6.32. The molecule has 1 atom stereocenters. The minimum Gasteiger partial charge on any atom is -0.341 e. The first kappa shape index (κ1) is 18.6. The third-order valence-corrected chi connectivity index (χ3v) is 4.50. The number of rotatable bonds is 8. The average Bonchev–Trinajstić information content (AvgIpc) is 2.66. The molecule has 128 valence electrons. The fraction of sp³-hybridized carbons (Fsp3) is 0.211. The molecule has 6 heteroatoms. The van der Waals surface area contributed by atoms with Gasteiger partial charge in [-0.1, -0.05) is 48.5 Å². The lowest BCUT2D eigenvalue weighted by atomic mass is 10.2. The van der Waals surface area contributed by atoms with Gasteiger partial charge in [0.05, 0.1) is 6.07 Å². The van der Waals surface area contributed by atoms with Crippen LogP contribution in [0.3, 0.4) is 0 Å². The first-order valence-electron chi connectivity index (χ1n) is 7.83. The molecule has 1 unspecified atom stereocenters. The Morgan fingerprint density at radius 3 is 2.32 bits per heavy atom. The molecule has 0 heterocycles. The van der Waals surface area contributed by atoms with Crippen molar-refractivity contribution in [2.45, 2.75) is 11.8 Å². The van der Waals surface area contributed by atoms with Gasteiger partial charge in [-0.3, -0.25) is 9.59 Å². The highest BCUT2D eigenvalue weighted by molar-refractivity contribution is 7.98. The highest BCUT2D eigenvalue weighted by Gasteiger charge is 2.21. The van der Waals surface area contributed by atoms with Crippen LogP contribution in [0.2, 0.25) is 0 Å². The van der Waals surface area contributed by atoms with Crippen molar-refractivity contribution in [1.29, 1.82) is 5.26 Å². The smallest absolute Gasteiger partial charge is 0.251 e. The molecule has 0 aliphatic carbocycles. The van der Waals surface area contributed by atoms with Crippen molar-refractivity contribution in [1.82, 2.24) is 10.6 Å². The number of nitrogens with zero attached hydrogens (tertiary/aromatic N) is 1. The Balaban J connectivity index is 1.96. The highest BCUT2D eigenvalue weighted by Crippen LogP contribution is 2.13. The molecule has 2 aromatic carbocycles. The van der Waals surface area contributed by atoms with Crippen molar-refractivity contribution in [2.75, 3.05) is 12.3 Å². The van der Waals surface area contributed by atoms with Crippen molar-refractivity contribution in [3.05, 3.63) is 71.8 Å². The SMILES string of the molecule is N#CCNC(=O)C(CSCc1ccccc1)NC(=O)c1ccccc1. The van der Waals surface area contributed by atoms with Crippen molar-refractivity contribution >= 4 is 23.6 Å². The van der Waals surface area contributed by atoms with Crippen LogP contribution in [0.4, 0.5) is 0 Å². The van der Waals surface area contributed by atoms with Crippen molar-refractivity contribution < 1.29 is 9.59 Å². The Morgan fingerprint density at radius 2 is 1.68 bits per heavy atom. The fourth-order valence-corrected chi connectivity index (χ4v) is 3.15. The number of carbonyl (C=O) groups is 2. The molecule has 2 aromatic rings. The van der Waals surface area contributed by atoms with Crippen molar-refractivity contribution in [3.63, 3.8) is 0 Å². The van der Waals surface area contributed by atoms with Gasteiger partial charge in [0.15, 0.2) is 0 Å². The Bertz CT molecular complexity index is 729. The van der Waals surface area contributed by atoms with E-state index in [1.165, 1.54) is 0 Å². The lowest BCUT2D eigenvalue weighted by Crippen LogP contribution is -2.48. The summed E-state index contributed by atoms with van der Waals surface area (Å²) >= 11 is 1.55. The van der Waals surface area contributed by atoms with E-state index in [2.05, 4.69) is 10.6 Å². The molecule has 2 amide bonds. The lowest BCUT2D eigenvalue weighted by Gasteiger charge is -2.17. The van der Waals surface area contributed by atoms with Crippen LogP contribution in [0.25, 0.3) is 0 Å². The summed E-state index contributed by atoms with van der Waals surface area (Å²) in [5.74, 6) is 0.499. The molecule has 0 saturated heterocycles. The molecule has 25 heavy (non-hydrogen) atoms. The van der Waals surface area contributed by atoms with Crippen LogP contribution in [-0.2, 0) is 10.5 Å². The first-order chi connectivity index (χ1) is 12.2. The molecule has 0 saturated carbocycles.